The lowest BCUT2D eigenvalue weighted by molar-refractivity contribution is -0.172. The van der Waals surface area contributed by atoms with Gasteiger partial charge < -0.3 is 0 Å². The zero-order chi connectivity index (χ0) is 8.48. The Hall–Kier alpha value is -1.05. The van der Waals surface area contributed by atoms with Crippen molar-refractivity contribution < 1.29 is 22.6 Å². The SMILES string of the molecule is FOC1N=NC(C(F)(F)F)=N1. The molecule has 0 radical (unpaired) electrons. The van der Waals surface area contributed by atoms with Crippen molar-refractivity contribution in [3.8, 4) is 0 Å². The van der Waals surface area contributed by atoms with Crippen LogP contribution in [0.15, 0.2) is 15.2 Å². The number of rotatable bonds is 1. The van der Waals surface area contributed by atoms with Crippen LogP contribution in [-0.4, -0.2) is 18.4 Å². The Kier molecular flexibility index (Phi) is 1.85. The molecule has 0 aromatic carbocycles. The Balaban J connectivity index is 2.72. The molecule has 0 bridgehead atoms. The van der Waals surface area contributed by atoms with E-state index >= 15 is 0 Å². The third-order valence-corrected chi connectivity index (χ3v) is 0.817. The van der Waals surface area contributed by atoms with Gasteiger partial charge in [0.15, 0.2) is 0 Å². The quantitative estimate of drug-likeness (QED) is 0.552. The number of hydrogen-bond donors (Lipinski definition) is 0. The summed E-state index contributed by atoms with van der Waals surface area (Å²) in [6.45, 7) is 0. The normalized spacial score (nSPS) is 24.0. The summed E-state index contributed by atoms with van der Waals surface area (Å²) in [5, 5.41) is 5.25. The summed E-state index contributed by atoms with van der Waals surface area (Å²) in [6, 6.07) is 0. The van der Waals surface area contributed by atoms with Crippen LogP contribution in [0.2, 0.25) is 0 Å². The van der Waals surface area contributed by atoms with Crippen LogP contribution in [0.5, 0.6) is 0 Å². The zero-order valence-electron chi connectivity index (χ0n) is 4.84. The van der Waals surface area contributed by atoms with E-state index in [0.29, 0.717) is 0 Å². The number of amidine groups is 1. The molecule has 0 amide bonds. The predicted molar refractivity (Wildman–Crippen MR) is 24.3 cm³/mol. The highest BCUT2D eigenvalue weighted by Crippen LogP contribution is 2.22. The lowest BCUT2D eigenvalue weighted by Crippen LogP contribution is -2.19. The zero-order valence-corrected chi connectivity index (χ0v) is 4.84. The van der Waals surface area contributed by atoms with Gasteiger partial charge in [-0.3, -0.25) is 0 Å². The summed E-state index contributed by atoms with van der Waals surface area (Å²) in [4.78, 5) is 5.53. The molecule has 1 atom stereocenters. The van der Waals surface area contributed by atoms with E-state index in [9.17, 15) is 17.7 Å². The summed E-state index contributed by atoms with van der Waals surface area (Å²) in [5.41, 5.74) is 0. The van der Waals surface area contributed by atoms with E-state index in [0.717, 1.165) is 0 Å². The molecule has 1 aliphatic heterocycles. The maximum Gasteiger partial charge on any atom is 0.453 e. The Morgan fingerprint density at radius 2 is 2.00 bits per heavy atom. The van der Waals surface area contributed by atoms with Gasteiger partial charge in [-0.05, 0) is 4.53 Å². The Bertz CT molecular complexity index is 209. The van der Waals surface area contributed by atoms with E-state index in [1.807, 2.05) is 0 Å². The van der Waals surface area contributed by atoms with E-state index in [-0.39, 0.29) is 0 Å². The van der Waals surface area contributed by atoms with Crippen molar-refractivity contribution >= 4 is 5.84 Å². The summed E-state index contributed by atoms with van der Waals surface area (Å²) >= 11 is 0. The molecule has 0 aliphatic carbocycles. The maximum atomic E-state index is 11.6. The number of hydrogen-bond acceptors (Lipinski definition) is 4. The summed E-state index contributed by atoms with van der Waals surface area (Å²) in [6.07, 6.45) is -6.50. The van der Waals surface area contributed by atoms with Crippen molar-refractivity contribution in [2.75, 3.05) is 0 Å². The molecular weight excluding hydrogens is 170 g/mol. The minimum Gasteiger partial charge on any atom is -0.203 e. The lowest BCUT2D eigenvalue weighted by Gasteiger charge is -1.98. The van der Waals surface area contributed by atoms with Crippen molar-refractivity contribution in [3.05, 3.63) is 0 Å². The molecule has 4 nitrogen and oxygen atoms in total. The van der Waals surface area contributed by atoms with Gasteiger partial charge in [0.25, 0.3) is 5.84 Å². The Labute approximate surface area is 57.5 Å². The molecule has 1 heterocycles. The van der Waals surface area contributed by atoms with Crippen LogP contribution >= 0.6 is 0 Å². The monoisotopic (exact) mass is 171 g/mol. The van der Waals surface area contributed by atoms with Gasteiger partial charge in [-0.25, -0.2) is 4.99 Å². The molecule has 0 aromatic rings. The average Bonchev–Trinajstić information content (AvgIpc) is 2.32. The summed E-state index contributed by atoms with van der Waals surface area (Å²) in [5.74, 6) is -1.49. The smallest absolute Gasteiger partial charge is 0.203 e. The van der Waals surface area contributed by atoms with Crippen molar-refractivity contribution in [1.29, 1.82) is 0 Å². The first-order valence-corrected chi connectivity index (χ1v) is 2.37. The van der Waals surface area contributed by atoms with Crippen LogP contribution in [0, 0.1) is 0 Å². The molecule has 1 rings (SSSR count). The third-order valence-electron chi connectivity index (χ3n) is 0.817. The second-order valence-electron chi connectivity index (χ2n) is 1.58. The van der Waals surface area contributed by atoms with E-state index < -0.39 is 18.4 Å². The van der Waals surface area contributed by atoms with Gasteiger partial charge in [-0.2, -0.15) is 13.2 Å². The topological polar surface area (TPSA) is 46.3 Å². The molecule has 0 spiro atoms. The maximum absolute atomic E-state index is 11.6. The molecule has 0 fully saturated rings. The van der Waals surface area contributed by atoms with Crippen LogP contribution in [0.4, 0.5) is 17.7 Å². The molecule has 8 heteroatoms. The van der Waals surface area contributed by atoms with Gasteiger partial charge in [-0.1, -0.05) is 0 Å². The highest BCUT2D eigenvalue weighted by Gasteiger charge is 2.39. The molecular formula is C3HF4N3O. The minimum atomic E-state index is -4.70. The fourth-order valence-corrected chi connectivity index (χ4v) is 0.428. The fourth-order valence-electron chi connectivity index (χ4n) is 0.428. The fraction of sp³-hybridized carbons (Fsp3) is 0.667. The second kappa shape index (κ2) is 2.53. The van der Waals surface area contributed by atoms with Crippen LogP contribution in [0.1, 0.15) is 0 Å². The summed E-state index contributed by atoms with van der Waals surface area (Å²) < 4.78 is 46.0. The number of aliphatic imine (C=N–C) groups is 1. The molecule has 0 aromatic heterocycles. The number of alkyl halides is 3. The lowest BCUT2D eigenvalue weighted by atomic mass is 10.6. The minimum absolute atomic E-state index is 1.49. The molecule has 62 valence electrons. The van der Waals surface area contributed by atoms with Crippen LogP contribution in [-0.2, 0) is 4.94 Å². The molecule has 0 saturated carbocycles. The van der Waals surface area contributed by atoms with E-state index in [1.54, 1.807) is 0 Å². The van der Waals surface area contributed by atoms with Gasteiger partial charge in [0.05, 0.1) is 0 Å². The first kappa shape index (κ1) is 8.05. The van der Waals surface area contributed by atoms with Crippen molar-refractivity contribution in [3.63, 3.8) is 0 Å². The second-order valence-corrected chi connectivity index (χ2v) is 1.58. The van der Waals surface area contributed by atoms with Crippen molar-refractivity contribution in [1.82, 2.24) is 0 Å². The van der Waals surface area contributed by atoms with Gasteiger partial charge in [0.1, 0.15) is 0 Å². The van der Waals surface area contributed by atoms with E-state index in [1.165, 1.54) is 0 Å². The third kappa shape index (κ3) is 1.70. The average molecular weight is 171 g/mol. The first-order chi connectivity index (χ1) is 5.04. The number of nitrogens with zero attached hydrogens (tertiary/aromatic N) is 3. The van der Waals surface area contributed by atoms with E-state index in [2.05, 4.69) is 20.2 Å². The van der Waals surface area contributed by atoms with Crippen LogP contribution < -0.4 is 0 Å². The van der Waals surface area contributed by atoms with E-state index in [4.69, 9.17) is 0 Å². The Morgan fingerprint density at radius 3 is 2.27 bits per heavy atom. The molecule has 1 aliphatic rings. The first-order valence-electron chi connectivity index (χ1n) is 2.37. The van der Waals surface area contributed by atoms with Crippen molar-refractivity contribution in [2.24, 2.45) is 15.2 Å². The Morgan fingerprint density at radius 1 is 1.36 bits per heavy atom. The number of azo groups is 1. The van der Waals surface area contributed by atoms with Crippen LogP contribution in [0.25, 0.3) is 0 Å². The molecule has 0 N–H and O–H groups in total. The van der Waals surface area contributed by atoms with Gasteiger partial charge >= 0.3 is 12.5 Å². The van der Waals surface area contributed by atoms with Crippen LogP contribution in [0.3, 0.4) is 0 Å². The molecule has 11 heavy (non-hydrogen) atoms. The number of halogens is 4. The molecule has 1 unspecified atom stereocenters. The van der Waals surface area contributed by atoms with Crippen molar-refractivity contribution in [2.45, 2.75) is 12.5 Å². The highest BCUT2D eigenvalue weighted by atomic mass is 19.4. The summed E-state index contributed by atoms with van der Waals surface area (Å²) in [7, 11) is 0. The van der Waals surface area contributed by atoms with Gasteiger partial charge in [0, 0.05) is 0 Å². The standard InChI is InChI=1S/C3HF4N3O/c4-3(5,6)1-8-2(11-7)10-9-1/h2H. The largest absolute Gasteiger partial charge is 0.453 e. The van der Waals surface area contributed by atoms with Gasteiger partial charge in [0.2, 0.25) is 0 Å². The highest BCUT2D eigenvalue weighted by molar-refractivity contribution is 5.88. The van der Waals surface area contributed by atoms with Gasteiger partial charge in [-0.15, -0.1) is 15.2 Å². The molecule has 0 saturated heterocycles. The predicted octanol–water partition coefficient (Wildman–Crippen LogP) is 1.60.